The van der Waals surface area contributed by atoms with Gasteiger partial charge in [-0.3, -0.25) is 9.79 Å². The molecule has 4 nitrogen and oxygen atoms in total. The second kappa shape index (κ2) is 9.98. The first kappa shape index (κ1) is 22.2. The summed E-state index contributed by atoms with van der Waals surface area (Å²) in [5.41, 5.74) is 4.03. The normalized spacial score (nSPS) is 11.0. The molecule has 0 saturated carbocycles. The molecule has 3 aromatic rings. The fourth-order valence-corrected chi connectivity index (χ4v) is 3.20. The maximum absolute atomic E-state index is 12.1. The highest BCUT2D eigenvalue weighted by atomic mass is 35.5. The number of benzene rings is 3. The molecule has 0 atom stereocenters. The van der Waals surface area contributed by atoms with Crippen molar-refractivity contribution in [1.29, 1.82) is 0 Å². The summed E-state index contributed by atoms with van der Waals surface area (Å²) in [5.74, 6) is 0.0953. The molecule has 1 N–H and O–H groups in total. The molecule has 0 bridgehead atoms. The summed E-state index contributed by atoms with van der Waals surface area (Å²) in [4.78, 5) is 16.6. The molecule has 0 saturated heterocycles. The molecule has 0 radical (unpaired) electrons. The van der Waals surface area contributed by atoms with Crippen molar-refractivity contribution in [3.8, 4) is 5.75 Å². The lowest BCUT2D eigenvalue weighted by Gasteiger charge is -2.10. The molecule has 3 aromatic carbocycles. The number of hydrogen-bond acceptors (Lipinski definition) is 3. The fraction of sp³-hybridized carbons (Fsp3) is 0.130. The van der Waals surface area contributed by atoms with E-state index in [1.165, 1.54) is 0 Å². The molecule has 0 unspecified atom stereocenters. The quantitative estimate of drug-likeness (QED) is 0.400. The van der Waals surface area contributed by atoms with E-state index in [1.54, 1.807) is 30.5 Å². The van der Waals surface area contributed by atoms with E-state index >= 15 is 0 Å². The number of carbonyl (C=O) groups is 1. The summed E-state index contributed by atoms with van der Waals surface area (Å²) in [7, 11) is 0. The third kappa shape index (κ3) is 5.76. The van der Waals surface area contributed by atoms with Crippen molar-refractivity contribution in [2.24, 2.45) is 4.99 Å². The molecule has 0 heterocycles. The number of nitrogens with zero attached hydrogens (tertiary/aromatic N) is 1. The Balaban J connectivity index is 1.61. The number of carbonyl (C=O) groups excluding carboxylic acids is 1. The lowest BCUT2D eigenvalue weighted by Crippen LogP contribution is -2.20. The maximum atomic E-state index is 12.1. The van der Waals surface area contributed by atoms with Gasteiger partial charge in [0.05, 0.1) is 10.7 Å². The summed E-state index contributed by atoms with van der Waals surface area (Å²) in [5, 5.41) is 4.37. The number of nitrogens with one attached hydrogen (secondary N) is 1. The minimum Gasteiger partial charge on any atom is -0.482 e. The van der Waals surface area contributed by atoms with Crippen molar-refractivity contribution >= 4 is 58.3 Å². The predicted molar refractivity (Wildman–Crippen MR) is 125 cm³/mol. The SMILES string of the molecule is Cc1ccc(NC(=O)COc2ccc(C=Nc3cccc(Cl)c3C)cc2Cl)cc1Cl. The van der Waals surface area contributed by atoms with E-state index in [-0.39, 0.29) is 12.5 Å². The minimum absolute atomic E-state index is 0.180. The van der Waals surface area contributed by atoms with E-state index in [0.29, 0.717) is 26.5 Å². The third-order valence-corrected chi connectivity index (χ3v) is 5.47. The van der Waals surface area contributed by atoms with Gasteiger partial charge in [-0.1, -0.05) is 46.9 Å². The second-order valence-corrected chi connectivity index (χ2v) is 7.85. The Morgan fingerprint density at radius 2 is 1.80 bits per heavy atom. The molecule has 7 heteroatoms. The van der Waals surface area contributed by atoms with Gasteiger partial charge in [0, 0.05) is 21.9 Å². The van der Waals surface area contributed by atoms with Crippen LogP contribution in [-0.4, -0.2) is 18.7 Å². The lowest BCUT2D eigenvalue weighted by atomic mass is 10.2. The molecule has 3 rings (SSSR count). The Kier molecular flexibility index (Phi) is 7.38. The van der Waals surface area contributed by atoms with Crippen LogP contribution in [0.2, 0.25) is 15.1 Å². The average molecular weight is 462 g/mol. The van der Waals surface area contributed by atoms with E-state index in [0.717, 1.165) is 22.4 Å². The Bertz CT molecular complexity index is 1110. The van der Waals surface area contributed by atoms with Crippen LogP contribution in [0.4, 0.5) is 11.4 Å². The second-order valence-electron chi connectivity index (χ2n) is 6.63. The van der Waals surface area contributed by atoms with Gasteiger partial charge in [-0.25, -0.2) is 0 Å². The van der Waals surface area contributed by atoms with Crippen molar-refractivity contribution < 1.29 is 9.53 Å². The zero-order valence-electron chi connectivity index (χ0n) is 16.4. The van der Waals surface area contributed by atoms with Crippen molar-refractivity contribution in [3.63, 3.8) is 0 Å². The summed E-state index contributed by atoms with van der Waals surface area (Å²) in [6.45, 7) is 3.62. The molecule has 1 amide bonds. The van der Waals surface area contributed by atoms with Crippen molar-refractivity contribution in [1.82, 2.24) is 0 Å². The van der Waals surface area contributed by atoms with Gasteiger partial charge in [0.15, 0.2) is 6.61 Å². The molecular formula is C23H19Cl3N2O2. The van der Waals surface area contributed by atoms with Crippen LogP contribution in [-0.2, 0) is 4.79 Å². The summed E-state index contributed by atoms with van der Waals surface area (Å²) in [6, 6.07) is 16.1. The molecular weight excluding hydrogens is 443 g/mol. The van der Waals surface area contributed by atoms with Crippen LogP contribution in [0.25, 0.3) is 0 Å². The average Bonchev–Trinajstić information content (AvgIpc) is 2.71. The van der Waals surface area contributed by atoms with Crippen LogP contribution >= 0.6 is 34.8 Å². The molecule has 0 aromatic heterocycles. The van der Waals surface area contributed by atoms with Crippen LogP contribution in [0, 0.1) is 13.8 Å². The van der Waals surface area contributed by atoms with E-state index < -0.39 is 0 Å². The van der Waals surface area contributed by atoms with Crippen LogP contribution in [0.15, 0.2) is 59.6 Å². The van der Waals surface area contributed by atoms with Gasteiger partial charge in [-0.05, 0) is 73.0 Å². The monoisotopic (exact) mass is 460 g/mol. The number of ether oxygens (including phenoxy) is 1. The Hall–Kier alpha value is -2.53. The highest BCUT2D eigenvalue weighted by molar-refractivity contribution is 6.32. The number of rotatable bonds is 6. The Morgan fingerprint density at radius 1 is 1.00 bits per heavy atom. The van der Waals surface area contributed by atoms with Crippen molar-refractivity contribution in [2.45, 2.75) is 13.8 Å². The Morgan fingerprint density at radius 3 is 2.53 bits per heavy atom. The van der Waals surface area contributed by atoms with E-state index in [9.17, 15) is 4.79 Å². The highest BCUT2D eigenvalue weighted by Crippen LogP contribution is 2.27. The summed E-state index contributed by atoms with van der Waals surface area (Å²) in [6.07, 6.45) is 1.70. The molecule has 0 aliphatic rings. The van der Waals surface area contributed by atoms with Crippen molar-refractivity contribution in [3.05, 3.63) is 86.4 Å². The first-order valence-corrected chi connectivity index (χ1v) is 10.2. The van der Waals surface area contributed by atoms with Crippen LogP contribution in [0.3, 0.4) is 0 Å². The van der Waals surface area contributed by atoms with Crippen LogP contribution in [0.1, 0.15) is 16.7 Å². The number of aliphatic imine (C=N–C) groups is 1. The standard InChI is InChI=1S/C23H19Cl3N2O2/c1-14-6-8-17(11-19(14)25)28-23(29)13-30-22-9-7-16(10-20(22)26)12-27-21-5-3-4-18(24)15(21)2/h3-12H,13H2,1-2H3,(H,28,29). The number of halogens is 3. The molecule has 0 fully saturated rings. The number of hydrogen-bond donors (Lipinski definition) is 1. The van der Waals surface area contributed by atoms with Gasteiger partial charge >= 0.3 is 0 Å². The zero-order chi connectivity index (χ0) is 21.7. The minimum atomic E-state index is -0.312. The lowest BCUT2D eigenvalue weighted by molar-refractivity contribution is -0.118. The van der Waals surface area contributed by atoms with Gasteiger partial charge in [-0.15, -0.1) is 0 Å². The smallest absolute Gasteiger partial charge is 0.262 e. The molecule has 0 aliphatic heterocycles. The first-order chi connectivity index (χ1) is 14.3. The van der Waals surface area contributed by atoms with Gasteiger partial charge in [-0.2, -0.15) is 0 Å². The zero-order valence-corrected chi connectivity index (χ0v) is 18.6. The molecule has 30 heavy (non-hydrogen) atoms. The van der Waals surface area contributed by atoms with Gasteiger partial charge in [0.1, 0.15) is 5.75 Å². The third-order valence-electron chi connectivity index (χ3n) is 4.36. The predicted octanol–water partition coefficient (Wildman–Crippen LogP) is 7.03. The summed E-state index contributed by atoms with van der Waals surface area (Å²) >= 11 is 18.5. The summed E-state index contributed by atoms with van der Waals surface area (Å²) < 4.78 is 5.54. The number of amides is 1. The topological polar surface area (TPSA) is 50.7 Å². The molecule has 154 valence electrons. The van der Waals surface area contributed by atoms with E-state index in [1.807, 2.05) is 44.2 Å². The van der Waals surface area contributed by atoms with Crippen molar-refractivity contribution in [2.75, 3.05) is 11.9 Å². The number of aryl methyl sites for hydroxylation is 1. The maximum Gasteiger partial charge on any atom is 0.262 e. The highest BCUT2D eigenvalue weighted by Gasteiger charge is 2.08. The first-order valence-electron chi connectivity index (χ1n) is 9.11. The largest absolute Gasteiger partial charge is 0.482 e. The fourth-order valence-electron chi connectivity index (χ4n) is 2.61. The molecule has 0 aliphatic carbocycles. The van der Waals surface area contributed by atoms with Gasteiger partial charge < -0.3 is 10.1 Å². The van der Waals surface area contributed by atoms with Crippen LogP contribution < -0.4 is 10.1 Å². The van der Waals surface area contributed by atoms with E-state index in [2.05, 4.69) is 10.3 Å². The van der Waals surface area contributed by atoms with Crippen LogP contribution in [0.5, 0.6) is 5.75 Å². The van der Waals surface area contributed by atoms with Gasteiger partial charge in [0.2, 0.25) is 0 Å². The number of anilines is 1. The molecule has 0 spiro atoms. The van der Waals surface area contributed by atoms with E-state index in [4.69, 9.17) is 39.5 Å². The van der Waals surface area contributed by atoms with Gasteiger partial charge in [0.25, 0.3) is 5.91 Å². The Labute approximate surface area is 190 Å².